The number of benzene rings is 3. The number of nitrogens with one attached hydrogen (secondary N) is 1. The first-order valence-electron chi connectivity index (χ1n) is 9.72. The highest BCUT2D eigenvalue weighted by molar-refractivity contribution is 5.94. The summed E-state index contributed by atoms with van der Waals surface area (Å²) in [5, 5.41) is 12.7. The summed E-state index contributed by atoms with van der Waals surface area (Å²) in [4.78, 5) is 17.6. The van der Waals surface area contributed by atoms with Crippen LogP contribution >= 0.6 is 0 Å². The van der Waals surface area contributed by atoms with E-state index in [1.165, 1.54) is 0 Å². The summed E-state index contributed by atoms with van der Waals surface area (Å²) < 4.78 is 2.03. The first-order valence-corrected chi connectivity index (χ1v) is 9.72. The van der Waals surface area contributed by atoms with E-state index in [0.717, 1.165) is 22.4 Å². The van der Waals surface area contributed by atoms with Gasteiger partial charge in [0.1, 0.15) is 5.82 Å². The number of para-hydroxylation sites is 2. The predicted molar refractivity (Wildman–Crippen MR) is 114 cm³/mol. The molecule has 1 heterocycles. The third-order valence-electron chi connectivity index (χ3n) is 4.99. The van der Waals surface area contributed by atoms with E-state index in [1.54, 1.807) is 12.1 Å². The molecule has 0 radical (unpaired) electrons. The fourth-order valence-corrected chi connectivity index (χ4v) is 3.58. The van der Waals surface area contributed by atoms with Crippen LogP contribution in [0.4, 0.5) is 0 Å². The number of hydrogen-bond acceptors (Lipinski definition) is 3. The van der Waals surface area contributed by atoms with Crippen LogP contribution in [0.5, 0.6) is 0 Å². The van der Waals surface area contributed by atoms with Crippen LogP contribution in [-0.2, 0) is 13.0 Å². The molecule has 3 aromatic carbocycles. The van der Waals surface area contributed by atoms with Crippen molar-refractivity contribution in [1.29, 1.82) is 0 Å². The molecule has 0 saturated carbocycles. The number of nitrogens with zero attached hydrogens (tertiary/aromatic N) is 2. The second-order valence-electron chi connectivity index (χ2n) is 6.90. The van der Waals surface area contributed by atoms with Crippen LogP contribution in [-0.4, -0.2) is 27.2 Å². The van der Waals surface area contributed by atoms with Crippen LogP contribution < -0.4 is 5.32 Å². The van der Waals surface area contributed by atoms with E-state index in [2.05, 4.69) is 5.32 Å². The highest BCUT2D eigenvalue weighted by Gasteiger charge is 2.20. The Morgan fingerprint density at radius 3 is 2.31 bits per heavy atom. The number of carbonyl (C=O) groups is 1. The molecule has 5 heteroatoms. The number of hydrogen-bond donors (Lipinski definition) is 2. The maximum absolute atomic E-state index is 12.8. The summed E-state index contributed by atoms with van der Waals surface area (Å²) in [5.41, 5.74) is 3.51. The number of amides is 1. The third kappa shape index (κ3) is 4.20. The highest BCUT2D eigenvalue weighted by atomic mass is 16.3. The molecule has 0 bridgehead atoms. The molecular weight excluding hydrogens is 362 g/mol. The molecule has 0 spiro atoms. The van der Waals surface area contributed by atoms with Crippen LogP contribution in [0.1, 0.15) is 27.8 Å². The zero-order chi connectivity index (χ0) is 20.1. The van der Waals surface area contributed by atoms with Crippen molar-refractivity contribution in [2.45, 2.75) is 19.0 Å². The SMILES string of the molecule is O=C(NC(Cc1nc2ccccc2n1CCO)c1ccccc1)c1ccccc1. The molecule has 0 aliphatic heterocycles. The lowest BCUT2D eigenvalue weighted by Gasteiger charge is -2.20. The third-order valence-corrected chi connectivity index (χ3v) is 4.99. The summed E-state index contributed by atoms with van der Waals surface area (Å²) in [6.07, 6.45) is 0.525. The van der Waals surface area contributed by atoms with Gasteiger partial charge in [-0.1, -0.05) is 60.7 Å². The number of fused-ring (bicyclic) bond motifs is 1. The normalized spacial score (nSPS) is 12.0. The van der Waals surface area contributed by atoms with Gasteiger partial charge in [0.05, 0.1) is 23.7 Å². The number of imidazole rings is 1. The molecule has 1 aromatic heterocycles. The molecule has 29 heavy (non-hydrogen) atoms. The van der Waals surface area contributed by atoms with Crippen molar-refractivity contribution in [2.24, 2.45) is 0 Å². The molecule has 0 aliphatic carbocycles. The molecule has 0 saturated heterocycles. The molecule has 1 atom stereocenters. The lowest BCUT2D eigenvalue weighted by atomic mass is 10.0. The molecule has 146 valence electrons. The van der Waals surface area contributed by atoms with Crippen LogP contribution in [0, 0.1) is 0 Å². The Hall–Kier alpha value is -3.44. The van der Waals surface area contributed by atoms with Gasteiger partial charge < -0.3 is 15.0 Å². The minimum Gasteiger partial charge on any atom is -0.395 e. The second kappa shape index (κ2) is 8.71. The largest absolute Gasteiger partial charge is 0.395 e. The minimum absolute atomic E-state index is 0.0275. The minimum atomic E-state index is -0.238. The van der Waals surface area contributed by atoms with Crippen molar-refractivity contribution in [3.8, 4) is 0 Å². The fourth-order valence-electron chi connectivity index (χ4n) is 3.58. The van der Waals surface area contributed by atoms with Gasteiger partial charge >= 0.3 is 0 Å². The Kier molecular flexibility index (Phi) is 5.68. The molecule has 1 unspecified atom stereocenters. The lowest BCUT2D eigenvalue weighted by Crippen LogP contribution is -2.30. The number of aliphatic hydroxyl groups is 1. The van der Waals surface area contributed by atoms with Crippen molar-refractivity contribution < 1.29 is 9.90 Å². The Morgan fingerprint density at radius 2 is 1.59 bits per heavy atom. The molecule has 2 N–H and O–H groups in total. The molecule has 0 fully saturated rings. The standard InChI is InChI=1S/C24H23N3O2/c28-16-15-27-22-14-8-7-13-20(22)25-23(27)17-21(18-9-3-1-4-10-18)26-24(29)19-11-5-2-6-12-19/h1-14,21,28H,15-17H2,(H,26,29). The van der Waals surface area contributed by atoms with Gasteiger partial charge in [0, 0.05) is 18.5 Å². The topological polar surface area (TPSA) is 67.2 Å². The van der Waals surface area contributed by atoms with E-state index in [0.29, 0.717) is 18.5 Å². The molecule has 5 nitrogen and oxygen atoms in total. The predicted octanol–water partition coefficient (Wildman–Crippen LogP) is 3.74. The zero-order valence-corrected chi connectivity index (χ0v) is 16.0. The van der Waals surface area contributed by atoms with Gasteiger partial charge in [-0.25, -0.2) is 4.98 Å². The van der Waals surface area contributed by atoms with E-state index in [9.17, 15) is 9.90 Å². The first-order chi connectivity index (χ1) is 14.3. The summed E-state index contributed by atoms with van der Waals surface area (Å²) in [7, 11) is 0. The van der Waals surface area contributed by atoms with Gasteiger partial charge in [-0.05, 0) is 29.8 Å². The van der Waals surface area contributed by atoms with Crippen molar-refractivity contribution in [1.82, 2.24) is 14.9 Å². The van der Waals surface area contributed by atoms with Crippen LogP contribution in [0.2, 0.25) is 0 Å². The maximum atomic E-state index is 12.8. The van der Waals surface area contributed by atoms with Gasteiger partial charge in [0.2, 0.25) is 0 Å². The summed E-state index contributed by atoms with van der Waals surface area (Å²) in [5.74, 6) is 0.715. The van der Waals surface area contributed by atoms with Crippen molar-refractivity contribution in [2.75, 3.05) is 6.61 Å². The maximum Gasteiger partial charge on any atom is 0.251 e. The first kappa shape index (κ1) is 18.9. The van der Waals surface area contributed by atoms with Crippen LogP contribution in [0.3, 0.4) is 0 Å². The monoisotopic (exact) mass is 385 g/mol. The van der Waals surface area contributed by atoms with E-state index < -0.39 is 0 Å². The summed E-state index contributed by atoms with van der Waals surface area (Å²) in [6.45, 7) is 0.490. The van der Waals surface area contributed by atoms with Gasteiger partial charge in [0.15, 0.2) is 0 Å². The van der Waals surface area contributed by atoms with Gasteiger partial charge in [0.25, 0.3) is 5.91 Å². The van der Waals surface area contributed by atoms with Gasteiger partial charge in [-0.2, -0.15) is 0 Å². The van der Waals surface area contributed by atoms with Gasteiger partial charge in [-0.15, -0.1) is 0 Å². The molecule has 4 aromatic rings. The van der Waals surface area contributed by atoms with Crippen molar-refractivity contribution >= 4 is 16.9 Å². The van der Waals surface area contributed by atoms with E-state index in [1.807, 2.05) is 77.4 Å². The van der Waals surface area contributed by atoms with E-state index in [4.69, 9.17) is 4.98 Å². The average molecular weight is 385 g/mol. The Balaban J connectivity index is 1.68. The number of rotatable bonds is 7. The van der Waals surface area contributed by atoms with Gasteiger partial charge in [-0.3, -0.25) is 4.79 Å². The Morgan fingerprint density at radius 1 is 0.931 bits per heavy atom. The average Bonchev–Trinajstić information content (AvgIpc) is 3.12. The second-order valence-corrected chi connectivity index (χ2v) is 6.90. The molecule has 0 aliphatic rings. The fraction of sp³-hybridized carbons (Fsp3) is 0.167. The Bertz CT molecular complexity index is 1090. The zero-order valence-electron chi connectivity index (χ0n) is 16.0. The number of aromatic nitrogens is 2. The smallest absolute Gasteiger partial charge is 0.251 e. The van der Waals surface area contributed by atoms with Crippen molar-refractivity contribution in [3.05, 3.63) is 102 Å². The molecule has 1 amide bonds. The number of carbonyl (C=O) groups excluding carboxylic acids is 1. The Labute approximate surface area is 169 Å². The highest BCUT2D eigenvalue weighted by Crippen LogP contribution is 2.23. The van der Waals surface area contributed by atoms with Crippen LogP contribution in [0.15, 0.2) is 84.9 Å². The number of aliphatic hydroxyl groups excluding tert-OH is 1. The van der Waals surface area contributed by atoms with E-state index in [-0.39, 0.29) is 18.6 Å². The molecular formula is C24H23N3O2. The molecule has 4 rings (SSSR count). The van der Waals surface area contributed by atoms with Crippen LogP contribution in [0.25, 0.3) is 11.0 Å². The van der Waals surface area contributed by atoms with E-state index >= 15 is 0 Å². The lowest BCUT2D eigenvalue weighted by molar-refractivity contribution is 0.0936. The summed E-state index contributed by atoms with van der Waals surface area (Å²) >= 11 is 0. The van der Waals surface area contributed by atoms with Crippen molar-refractivity contribution in [3.63, 3.8) is 0 Å². The summed E-state index contributed by atoms with van der Waals surface area (Å²) in [6, 6.07) is 26.8. The quantitative estimate of drug-likeness (QED) is 0.509.